The number of alkyl halides is 3. The van der Waals surface area contributed by atoms with E-state index in [1.54, 1.807) is 13.8 Å². The van der Waals surface area contributed by atoms with E-state index in [4.69, 9.17) is 0 Å². The lowest BCUT2D eigenvalue weighted by molar-refractivity contribution is -0.130. The SMILES string of the molecule is CC1(C)C(C=CC(F)(F)F)[C@@H]1OC=O. The van der Waals surface area contributed by atoms with Gasteiger partial charge in [-0.2, -0.15) is 13.2 Å². The van der Waals surface area contributed by atoms with Gasteiger partial charge in [0.2, 0.25) is 0 Å². The van der Waals surface area contributed by atoms with Crippen LogP contribution in [0.3, 0.4) is 0 Å². The summed E-state index contributed by atoms with van der Waals surface area (Å²) in [7, 11) is 0. The van der Waals surface area contributed by atoms with Crippen molar-refractivity contribution in [1.29, 1.82) is 0 Å². The van der Waals surface area contributed by atoms with E-state index in [0.717, 1.165) is 6.08 Å². The van der Waals surface area contributed by atoms with Gasteiger partial charge in [0.05, 0.1) is 0 Å². The van der Waals surface area contributed by atoms with Gasteiger partial charge in [-0.05, 0) is 0 Å². The van der Waals surface area contributed by atoms with Crippen LogP contribution >= 0.6 is 0 Å². The summed E-state index contributed by atoms with van der Waals surface area (Å²) in [5, 5.41) is 0. The molecule has 2 atom stereocenters. The van der Waals surface area contributed by atoms with Crippen LogP contribution in [0, 0.1) is 11.3 Å². The third-order valence-corrected chi connectivity index (χ3v) is 2.50. The largest absolute Gasteiger partial charge is 0.463 e. The standard InChI is InChI=1S/C9H11F3O2/c1-8(2)6(7(8)14-5-13)3-4-9(10,11)12/h3-7H,1-2H3/t6?,7-/m0/s1. The number of hydrogen-bond donors (Lipinski definition) is 0. The second-order valence-corrected chi connectivity index (χ2v) is 3.90. The summed E-state index contributed by atoms with van der Waals surface area (Å²) >= 11 is 0. The predicted molar refractivity (Wildman–Crippen MR) is 43.4 cm³/mol. The fourth-order valence-corrected chi connectivity index (χ4v) is 1.51. The molecule has 1 rings (SSSR count). The first-order valence-electron chi connectivity index (χ1n) is 4.14. The van der Waals surface area contributed by atoms with E-state index in [9.17, 15) is 18.0 Å². The van der Waals surface area contributed by atoms with Gasteiger partial charge in [0.25, 0.3) is 6.47 Å². The van der Waals surface area contributed by atoms with E-state index in [2.05, 4.69) is 4.74 Å². The van der Waals surface area contributed by atoms with Gasteiger partial charge in [0, 0.05) is 17.4 Å². The molecular weight excluding hydrogens is 197 g/mol. The summed E-state index contributed by atoms with van der Waals surface area (Å²) in [5.74, 6) is -0.339. The lowest BCUT2D eigenvalue weighted by Crippen LogP contribution is -2.01. The Bertz CT molecular complexity index is 255. The zero-order valence-electron chi connectivity index (χ0n) is 7.84. The molecule has 1 aliphatic rings. The molecule has 80 valence electrons. The van der Waals surface area contributed by atoms with Gasteiger partial charge >= 0.3 is 6.18 Å². The highest BCUT2D eigenvalue weighted by Crippen LogP contribution is 2.54. The van der Waals surface area contributed by atoms with Crippen LogP contribution in [0.4, 0.5) is 13.2 Å². The van der Waals surface area contributed by atoms with E-state index in [1.807, 2.05) is 0 Å². The maximum absolute atomic E-state index is 11.8. The molecule has 0 radical (unpaired) electrons. The summed E-state index contributed by atoms with van der Waals surface area (Å²) in [4.78, 5) is 10.0. The zero-order chi connectivity index (χ0) is 11.0. The number of carbonyl (C=O) groups is 1. The minimum Gasteiger partial charge on any atom is -0.463 e. The van der Waals surface area contributed by atoms with Crippen LogP contribution in [0.25, 0.3) is 0 Å². The maximum Gasteiger partial charge on any atom is 0.409 e. The molecule has 0 spiro atoms. The Morgan fingerprint density at radius 2 is 1.93 bits per heavy atom. The Labute approximate surface area is 79.7 Å². The molecule has 0 aliphatic heterocycles. The first kappa shape index (κ1) is 11.1. The molecule has 0 aromatic carbocycles. The van der Waals surface area contributed by atoms with Gasteiger partial charge in [-0.1, -0.05) is 19.9 Å². The van der Waals surface area contributed by atoms with Crippen molar-refractivity contribution in [2.24, 2.45) is 11.3 Å². The summed E-state index contributed by atoms with van der Waals surface area (Å²) in [6.45, 7) is 3.78. The van der Waals surface area contributed by atoms with Crippen molar-refractivity contribution in [2.45, 2.75) is 26.1 Å². The van der Waals surface area contributed by atoms with Gasteiger partial charge in [0.1, 0.15) is 6.10 Å². The van der Waals surface area contributed by atoms with Crippen molar-refractivity contribution in [1.82, 2.24) is 0 Å². The summed E-state index contributed by atoms with van der Waals surface area (Å²) < 4.78 is 40.1. The number of carbonyl (C=O) groups excluding carboxylic acids is 1. The smallest absolute Gasteiger partial charge is 0.409 e. The molecule has 0 amide bonds. The topological polar surface area (TPSA) is 26.3 Å². The van der Waals surface area contributed by atoms with Gasteiger partial charge < -0.3 is 4.74 Å². The third-order valence-electron chi connectivity index (χ3n) is 2.50. The molecule has 0 heterocycles. The van der Waals surface area contributed by atoms with Crippen LogP contribution in [0.1, 0.15) is 13.8 Å². The van der Waals surface area contributed by atoms with Crippen molar-refractivity contribution in [3.05, 3.63) is 12.2 Å². The van der Waals surface area contributed by atoms with Crippen LogP contribution in [0.5, 0.6) is 0 Å². The van der Waals surface area contributed by atoms with Crippen molar-refractivity contribution in [3.63, 3.8) is 0 Å². The average molecular weight is 208 g/mol. The maximum atomic E-state index is 11.8. The molecular formula is C9H11F3O2. The zero-order valence-corrected chi connectivity index (χ0v) is 7.84. The Morgan fingerprint density at radius 3 is 2.36 bits per heavy atom. The Hall–Kier alpha value is -1.00. The van der Waals surface area contributed by atoms with E-state index < -0.39 is 12.3 Å². The molecule has 1 saturated carbocycles. The van der Waals surface area contributed by atoms with Gasteiger partial charge in [-0.3, -0.25) is 4.79 Å². The van der Waals surface area contributed by atoms with E-state index in [0.29, 0.717) is 0 Å². The fraction of sp³-hybridized carbons (Fsp3) is 0.667. The van der Waals surface area contributed by atoms with Crippen LogP contribution in [-0.2, 0) is 9.53 Å². The summed E-state index contributed by atoms with van der Waals surface area (Å²) in [6.07, 6.45) is -3.50. The molecule has 0 aromatic rings. The van der Waals surface area contributed by atoms with E-state index >= 15 is 0 Å². The van der Waals surface area contributed by atoms with E-state index in [1.165, 1.54) is 0 Å². The monoisotopic (exact) mass is 208 g/mol. The van der Waals surface area contributed by atoms with Crippen LogP contribution < -0.4 is 0 Å². The lowest BCUT2D eigenvalue weighted by Gasteiger charge is -1.98. The Kier molecular flexibility index (Phi) is 2.61. The molecule has 2 nitrogen and oxygen atoms in total. The first-order valence-corrected chi connectivity index (χ1v) is 4.14. The normalized spacial score (nSPS) is 30.4. The lowest BCUT2D eigenvalue weighted by atomic mass is 10.1. The summed E-state index contributed by atoms with van der Waals surface area (Å²) in [6, 6.07) is 0. The third kappa shape index (κ3) is 2.27. The molecule has 0 saturated heterocycles. The number of halogens is 3. The highest BCUT2D eigenvalue weighted by Gasteiger charge is 2.59. The molecule has 14 heavy (non-hydrogen) atoms. The van der Waals surface area contributed by atoms with Gasteiger partial charge in [-0.25, -0.2) is 0 Å². The van der Waals surface area contributed by atoms with E-state index in [-0.39, 0.29) is 23.9 Å². The number of rotatable bonds is 3. The van der Waals surface area contributed by atoms with Crippen LogP contribution in [0.15, 0.2) is 12.2 Å². The van der Waals surface area contributed by atoms with Crippen LogP contribution in [0.2, 0.25) is 0 Å². The minimum atomic E-state index is -4.30. The van der Waals surface area contributed by atoms with Crippen molar-refractivity contribution in [3.8, 4) is 0 Å². The Balaban J connectivity index is 2.57. The predicted octanol–water partition coefficient (Wildman–Crippen LogP) is 2.30. The number of hydrogen-bond acceptors (Lipinski definition) is 2. The van der Waals surface area contributed by atoms with Crippen molar-refractivity contribution < 1.29 is 22.7 Å². The van der Waals surface area contributed by atoms with Crippen LogP contribution in [-0.4, -0.2) is 18.8 Å². The fourth-order valence-electron chi connectivity index (χ4n) is 1.51. The second-order valence-electron chi connectivity index (χ2n) is 3.90. The number of ether oxygens (including phenoxy) is 1. The molecule has 0 aromatic heterocycles. The van der Waals surface area contributed by atoms with Crippen molar-refractivity contribution >= 4 is 6.47 Å². The van der Waals surface area contributed by atoms with Crippen molar-refractivity contribution in [2.75, 3.05) is 0 Å². The van der Waals surface area contributed by atoms with Gasteiger partial charge in [-0.15, -0.1) is 0 Å². The quantitative estimate of drug-likeness (QED) is 0.525. The molecule has 5 heteroatoms. The number of allylic oxidation sites excluding steroid dienone is 1. The molecule has 1 aliphatic carbocycles. The average Bonchev–Trinajstić information content (AvgIpc) is 2.49. The molecule has 0 N–H and O–H groups in total. The second kappa shape index (κ2) is 3.29. The molecule has 1 fully saturated rings. The summed E-state index contributed by atoms with van der Waals surface area (Å²) in [5.41, 5.74) is -0.386. The molecule has 1 unspecified atom stereocenters. The van der Waals surface area contributed by atoms with Gasteiger partial charge in [0.15, 0.2) is 0 Å². The highest BCUT2D eigenvalue weighted by atomic mass is 19.4. The first-order chi connectivity index (χ1) is 6.29. The minimum absolute atomic E-state index is 0.188. The highest BCUT2D eigenvalue weighted by molar-refractivity contribution is 5.40. The Morgan fingerprint density at radius 1 is 1.36 bits per heavy atom. The molecule has 0 bridgehead atoms.